The molecule has 0 saturated carbocycles. The molecule has 0 fully saturated rings. The van der Waals surface area contributed by atoms with Crippen molar-refractivity contribution in [1.82, 2.24) is 0 Å². The molecule has 7 nitrogen and oxygen atoms in total. The highest BCUT2D eigenvalue weighted by Gasteiger charge is 2.46. The first-order chi connectivity index (χ1) is 6.43. The molecule has 5 N–H and O–H groups in total. The maximum Gasteiger partial charge on any atom is 0.181 e. The SMILES string of the molecule is O=C[C@H](O)[C@](O)(C=O)[C@H](O)[C@H](O)CO. The van der Waals surface area contributed by atoms with Crippen LogP contribution in [0.15, 0.2) is 0 Å². The molecule has 0 aromatic rings. The predicted octanol–water partition coefficient (Wildman–Crippen LogP) is -3.81. The van der Waals surface area contributed by atoms with Crippen LogP contribution in [0, 0.1) is 0 Å². The number of carbonyl (C=O) groups excluding carboxylic acids is 2. The van der Waals surface area contributed by atoms with Gasteiger partial charge in [-0.25, -0.2) is 0 Å². The predicted molar refractivity (Wildman–Crippen MR) is 42.2 cm³/mol. The van der Waals surface area contributed by atoms with Gasteiger partial charge < -0.3 is 30.3 Å². The van der Waals surface area contributed by atoms with Gasteiger partial charge in [0.05, 0.1) is 6.61 Å². The Morgan fingerprint density at radius 3 is 2.00 bits per heavy atom. The van der Waals surface area contributed by atoms with Gasteiger partial charge in [0.25, 0.3) is 0 Å². The Kier molecular flexibility index (Phi) is 4.81. The van der Waals surface area contributed by atoms with Gasteiger partial charge in [-0.1, -0.05) is 0 Å². The molecule has 0 radical (unpaired) electrons. The lowest BCUT2D eigenvalue weighted by atomic mass is 9.89. The molecule has 7 heteroatoms. The molecule has 0 heterocycles. The fraction of sp³-hybridized carbons (Fsp3) is 0.714. The maximum absolute atomic E-state index is 10.4. The second-order valence-corrected chi connectivity index (χ2v) is 2.78. The molecule has 0 rings (SSSR count). The second-order valence-electron chi connectivity index (χ2n) is 2.78. The lowest BCUT2D eigenvalue weighted by Gasteiger charge is -2.31. The van der Waals surface area contributed by atoms with E-state index in [-0.39, 0.29) is 12.6 Å². The van der Waals surface area contributed by atoms with Crippen molar-refractivity contribution >= 4 is 12.6 Å². The first-order valence-corrected chi connectivity index (χ1v) is 3.73. The summed E-state index contributed by atoms with van der Waals surface area (Å²) in [6.07, 6.45) is -6.58. The van der Waals surface area contributed by atoms with Crippen LogP contribution in [0.5, 0.6) is 0 Å². The van der Waals surface area contributed by atoms with Crippen LogP contribution in [0.4, 0.5) is 0 Å². The van der Waals surface area contributed by atoms with Crippen LogP contribution in [0.25, 0.3) is 0 Å². The highest BCUT2D eigenvalue weighted by Crippen LogP contribution is 2.15. The summed E-state index contributed by atoms with van der Waals surface area (Å²) in [6, 6.07) is 0. The summed E-state index contributed by atoms with van der Waals surface area (Å²) in [5.41, 5.74) is -2.82. The van der Waals surface area contributed by atoms with Gasteiger partial charge in [0.2, 0.25) is 0 Å². The summed E-state index contributed by atoms with van der Waals surface area (Å²) in [6.45, 7) is -0.928. The minimum Gasteiger partial charge on any atom is -0.394 e. The van der Waals surface area contributed by atoms with Gasteiger partial charge in [-0.15, -0.1) is 0 Å². The number of aldehydes is 2. The first kappa shape index (κ1) is 13.1. The fourth-order valence-electron chi connectivity index (χ4n) is 0.831. The minimum absolute atomic E-state index is 0.165. The number of aliphatic hydroxyl groups is 5. The molecule has 0 aromatic carbocycles. The maximum atomic E-state index is 10.4. The normalized spacial score (nSPS) is 21.8. The van der Waals surface area contributed by atoms with Gasteiger partial charge in [0.15, 0.2) is 18.2 Å². The lowest BCUT2D eigenvalue weighted by molar-refractivity contribution is -0.180. The fourth-order valence-corrected chi connectivity index (χ4v) is 0.831. The van der Waals surface area contributed by atoms with Crippen molar-refractivity contribution in [2.75, 3.05) is 6.61 Å². The van der Waals surface area contributed by atoms with E-state index in [1.54, 1.807) is 0 Å². The first-order valence-electron chi connectivity index (χ1n) is 3.73. The van der Waals surface area contributed by atoms with Crippen molar-refractivity contribution in [2.45, 2.75) is 23.9 Å². The Balaban J connectivity index is 4.83. The molecular weight excluding hydrogens is 196 g/mol. The van der Waals surface area contributed by atoms with Gasteiger partial charge in [0, 0.05) is 0 Å². The number of rotatable bonds is 6. The van der Waals surface area contributed by atoms with Crippen LogP contribution >= 0.6 is 0 Å². The van der Waals surface area contributed by atoms with Crippen LogP contribution in [0.2, 0.25) is 0 Å². The molecule has 0 saturated heterocycles. The average Bonchev–Trinajstić information content (AvgIpc) is 2.24. The van der Waals surface area contributed by atoms with E-state index in [1.165, 1.54) is 0 Å². The van der Waals surface area contributed by atoms with Crippen molar-refractivity contribution in [2.24, 2.45) is 0 Å². The Labute approximate surface area is 79.2 Å². The van der Waals surface area contributed by atoms with Crippen molar-refractivity contribution in [1.29, 1.82) is 0 Å². The Morgan fingerprint density at radius 2 is 1.71 bits per heavy atom. The van der Waals surface area contributed by atoms with Crippen LogP contribution < -0.4 is 0 Å². The summed E-state index contributed by atoms with van der Waals surface area (Å²) < 4.78 is 0. The van der Waals surface area contributed by atoms with Crippen LogP contribution in [0.3, 0.4) is 0 Å². The van der Waals surface area contributed by atoms with E-state index in [1.807, 2.05) is 0 Å². The van der Waals surface area contributed by atoms with E-state index in [4.69, 9.17) is 20.4 Å². The molecule has 0 bridgehead atoms. The zero-order chi connectivity index (χ0) is 11.4. The topological polar surface area (TPSA) is 135 Å². The standard InChI is InChI=1S/C7H12O7/c8-1-4(11)6(13)7(14,3-10)5(12)2-9/h2-6,8,11-14H,1H2/t4-,5+,6-,7-/m1/s1. The second kappa shape index (κ2) is 5.13. The van der Waals surface area contributed by atoms with Gasteiger partial charge in [0.1, 0.15) is 18.3 Å². The van der Waals surface area contributed by atoms with Gasteiger partial charge in [-0.3, -0.25) is 4.79 Å². The molecule has 0 amide bonds. The third-order valence-electron chi connectivity index (χ3n) is 1.82. The van der Waals surface area contributed by atoms with Gasteiger partial charge >= 0.3 is 0 Å². The summed E-state index contributed by atoms with van der Waals surface area (Å²) in [5, 5.41) is 44.6. The molecule has 14 heavy (non-hydrogen) atoms. The van der Waals surface area contributed by atoms with E-state index in [9.17, 15) is 14.7 Å². The molecule has 4 atom stereocenters. The third-order valence-corrected chi connectivity index (χ3v) is 1.82. The number of hydrogen-bond donors (Lipinski definition) is 5. The molecule has 0 aliphatic carbocycles. The number of hydrogen-bond acceptors (Lipinski definition) is 7. The minimum atomic E-state index is -2.82. The van der Waals surface area contributed by atoms with Crippen molar-refractivity contribution < 1.29 is 35.1 Å². The largest absolute Gasteiger partial charge is 0.394 e. The zero-order valence-electron chi connectivity index (χ0n) is 7.15. The van der Waals surface area contributed by atoms with Crippen molar-refractivity contribution in [3.63, 3.8) is 0 Å². The number of aliphatic hydroxyl groups excluding tert-OH is 4. The Hall–Kier alpha value is -0.860. The highest BCUT2D eigenvalue weighted by atomic mass is 16.4. The van der Waals surface area contributed by atoms with Crippen LogP contribution in [-0.2, 0) is 9.59 Å². The quantitative estimate of drug-likeness (QED) is 0.282. The summed E-state index contributed by atoms with van der Waals surface area (Å²) >= 11 is 0. The third kappa shape index (κ3) is 2.34. The van der Waals surface area contributed by atoms with Crippen molar-refractivity contribution in [3.05, 3.63) is 0 Å². The highest BCUT2D eigenvalue weighted by molar-refractivity contribution is 5.74. The Bertz CT molecular complexity index is 206. The molecule has 0 unspecified atom stereocenters. The molecular formula is C7H12O7. The molecule has 0 aromatic heterocycles. The average molecular weight is 208 g/mol. The van der Waals surface area contributed by atoms with Crippen molar-refractivity contribution in [3.8, 4) is 0 Å². The summed E-state index contributed by atoms with van der Waals surface area (Å²) in [5.74, 6) is 0. The Morgan fingerprint density at radius 1 is 1.21 bits per heavy atom. The number of carbonyl (C=O) groups is 2. The zero-order valence-corrected chi connectivity index (χ0v) is 7.15. The smallest absolute Gasteiger partial charge is 0.181 e. The van der Waals surface area contributed by atoms with E-state index in [0.29, 0.717) is 0 Å². The summed E-state index contributed by atoms with van der Waals surface area (Å²) in [4.78, 5) is 20.5. The van der Waals surface area contributed by atoms with E-state index < -0.39 is 30.5 Å². The molecule has 0 spiro atoms. The van der Waals surface area contributed by atoms with Gasteiger partial charge in [-0.05, 0) is 0 Å². The molecule has 0 aliphatic rings. The molecule has 0 aliphatic heterocycles. The summed E-state index contributed by atoms with van der Waals surface area (Å²) in [7, 11) is 0. The van der Waals surface area contributed by atoms with Gasteiger partial charge in [-0.2, -0.15) is 0 Å². The van der Waals surface area contributed by atoms with Crippen LogP contribution in [-0.4, -0.2) is 68.6 Å². The van der Waals surface area contributed by atoms with E-state index in [0.717, 1.165) is 0 Å². The van der Waals surface area contributed by atoms with E-state index in [2.05, 4.69) is 0 Å². The van der Waals surface area contributed by atoms with E-state index >= 15 is 0 Å². The lowest BCUT2D eigenvalue weighted by Crippen LogP contribution is -2.59. The van der Waals surface area contributed by atoms with Crippen LogP contribution in [0.1, 0.15) is 0 Å². The monoisotopic (exact) mass is 208 g/mol. The molecule has 82 valence electrons.